The zero-order valence-electron chi connectivity index (χ0n) is 23.0. The van der Waals surface area contributed by atoms with Gasteiger partial charge in [-0.15, -0.1) is 0 Å². The summed E-state index contributed by atoms with van der Waals surface area (Å²) >= 11 is 1.97. The Hall–Kier alpha value is -2.07. The predicted molar refractivity (Wildman–Crippen MR) is 158 cm³/mol. The molecule has 0 unspecified atom stereocenters. The fourth-order valence-corrected chi connectivity index (χ4v) is 11.7. The topological polar surface area (TPSA) is 107 Å². The van der Waals surface area contributed by atoms with Gasteiger partial charge in [0, 0.05) is 26.5 Å². The molecule has 0 aliphatic carbocycles. The number of carbonyl (C=O) groups is 1. The summed E-state index contributed by atoms with van der Waals surface area (Å²) < 4.78 is 61.0. The molecule has 218 valence electrons. The summed E-state index contributed by atoms with van der Waals surface area (Å²) in [7, 11) is 0. The molecule has 3 aromatic carbocycles. The first-order valence-corrected chi connectivity index (χ1v) is 19.1. The second-order valence-electron chi connectivity index (χ2n) is 8.78. The van der Waals surface area contributed by atoms with Gasteiger partial charge in [0.2, 0.25) is 0 Å². The number of esters is 1. The number of carbonyl (C=O) groups excluding carboxylic acids is 1. The molecular formula is C28H30O9P2S2. The molecule has 0 atom stereocenters. The van der Waals surface area contributed by atoms with E-state index in [1.54, 1.807) is 76.2 Å². The first-order chi connectivity index (χ1) is 19.7. The molecule has 0 aromatic heterocycles. The van der Waals surface area contributed by atoms with Crippen LogP contribution in [0.1, 0.15) is 54.7 Å². The summed E-state index contributed by atoms with van der Waals surface area (Å²) in [5.41, 5.74) is 1.09. The molecule has 0 radical (unpaired) electrons. The Bertz CT molecular complexity index is 1460. The van der Waals surface area contributed by atoms with Gasteiger partial charge in [0.05, 0.1) is 32.0 Å². The number of ether oxygens (including phenoxy) is 2. The highest BCUT2D eigenvalue weighted by atomic mass is 32.7. The van der Waals surface area contributed by atoms with Crippen LogP contribution >= 0.6 is 36.4 Å². The van der Waals surface area contributed by atoms with E-state index in [4.69, 9.17) is 27.6 Å². The van der Waals surface area contributed by atoms with Crippen molar-refractivity contribution in [3.63, 3.8) is 0 Å². The largest absolute Gasteiger partial charge is 0.456 e. The highest BCUT2D eigenvalue weighted by molar-refractivity contribution is 8.55. The van der Waals surface area contributed by atoms with E-state index < -0.39 is 25.2 Å². The fraction of sp³-hybridized carbons (Fsp3) is 0.321. The van der Waals surface area contributed by atoms with Gasteiger partial charge >= 0.3 is 19.6 Å². The van der Waals surface area contributed by atoms with Crippen molar-refractivity contribution >= 4 is 42.3 Å². The van der Waals surface area contributed by atoms with Gasteiger partial charge in [-0.25, -0.2) is 13.9 Å². The zero-order chi connectivity index (χ0) is 29.3. The van der Waals surface area contributed by atoms with Crippen molar-refractivity contribution in [1.82, 2.24) is 0 Å². The summed E-state index contributed by atoms with van der Waals surface area (Å²) in [5.74, 6) is 0.365. The van der Waals surface area contributed by atoms with Gasteiger partial charge in [-0.05, 0) is 92.9 Å². The Morgan fingerprint density at radius 1 is 0.683 bits per heavy atom. The lowest BCUT2D eigenvalue weighted by Crippen LogP contribution is -2.33. The first-order valence-electron chi connectivity index (χ1n) is 13.2. The number of rotatable bonds is 12. The van der Waals surface area contributed by atoms with Crippen LogP contribution in [-0.4, -0.2) is 32.4 Å². The van der Waals surface area contributed by atoms with Crippen LogP contribution in [-0.2, 0) is 37.6 Å². The maximum Gasteiger partial charge on any atom is 0.393 e. The van der Waals surface area contributed by atoms with Gasteiger partial charge in [0.1, 0.15) is 11.5 Å². The minimum atomic E-state index is -3.47. The molecule has 5 rings (SSSR count). The Morgan fingerprint density at radius 3 is 1.61 bits per heavy atom. The third-order valence-electron chi connectivity index (χ3n) is 6.24. The van der Waals surface area contributed by atoms with E-state index in [9.17, 15) is 13.9 Å². The molecule has 2 aliphatic rings. The minimum absolute atomic E-state index is 0.225. The average molecular weight is 637 g/mol. The SMILES string of the molecule is CCOP(=O)(OCC)Sc1ccc2c(c1)Oc1cc(SP(=O)(OCC)OCC)ccc1C21OC(=O)c2ccccc21. The quantitative estimate of drug-likeness (QED) is 0.141. The molecule has 2 aliphatic heterocycles. The number of benzene rings is 3. The van der Waals surface area contributed by atoms with Gasteiger partial charge < -0.3 is 27.6 Å². The highest BCUT2D eigenvalue weighted by Crippen LogP contribution is 2.66. The molecule has 1 spiro atoms. The number of fused-ring (bicyclic) bond motifs is 6. The Kier molecular flexibility index (Phi) is 9.09. The maximum atomic E-state index is 13.2. The molecule has 0 saturated carbocycles. The monoisotopic (exact) mass is 636 g/mol. The lowest BCUT2D eigenvalue weighted by atomic mass is 9.78. The average Bonchev–Trinajstić information content (AvgIpc) is 3.21. The molecule has 0 saturated heterocycles. The first kappa shape index (κ1) is 30.4. The van der Waals surface area contributed by atoms with E-state index in [0.717, 1.165) is 22.8 Å². The minimum Gasteiger partial charge on any atom is -0.456 e. The number of hydrogen-bond donors (Lipinski definition) is 0. The third-order valence-corrected chi connectivity index (χ3v) is 13.8. The van der Waals surface area contributed by atoms with Crippen LogP contribution in [0.2, 0.25) is 0 Å². The van der Waals surface area contributed by atoms with Crippen LogP contribution in [0.3, 0.4) is 0 Å². The van der Waals surface area contributed by atoms with Crippen LogP contribution in [0.4, 0.5) is 0 Å². The van der Waals surface area contributed by atoms with Crippen LogP contribution in [0.15, 0.2) is 70.5 Å². The van der Waals surface area contributed by atoms with Crippen molar-refractivity contribution in [2.75, 3.05) is 26.4 Å². The zero-order valence-corrected chi connectivity index (χ0v) is 26.4. The summed E-state index contributed by atoms with van der Waals surface area (Å²) in [6.07, 6.45) is 0. The molecule has 0 bridgehead atoms. The van der Waals surface area contributed by atoms with Crippen LogP contribution < -0.4 is 4.74 Å². The van der Waals surface area contributed by atoms with E-state index in [-0.39, 0.29) is 26.4 Å². The van der Waals surface area contributed by atoms with Gasteiger partial charge in [-0.3, -0.25) is 0 Å². The molecule has 41 heavy (non-hydrogen) atoms. The Labute approximate surface area is 247 Å². The van der Waals surface area contributed by atoms with Gasteiger partial charge in [0.15, 0.2) is 5.60 Å². The normalized spacial score (nSPS) is 15.2. The van der Waals surface area contributed by atoms with E-state index in [2.05, 4.69) is 0 Å². The molecule has 0 N–H and O–H groups in total. The van der Waals surface area contributed by atoms with Crippen LogP contribution in [0.25, 0.3) is 0 Å². The third kappa shape index (κ3) is 5.79. The van der Waals surface area contributed by atoms with Crippen molar-refractivity contribution in [2.24, 2.45) is 0 Å². The molecule has 0 amide bonds. The lowest BCUT2D eigenvalue weighted by molar-refractivity contribution is 0.0224. The predicted octanol–water partition coefficient (Wildman–Crippen LogP) is 8.80. The molecular weight excluding hydrogens is 606 g/mol. The summed E-state index contributed by atoms with van der Waals surface area (Å²) in [6.45, 7) is 0.959. The van der Waals surface area contributed by atoms with Crippen molar-refractivity contribution in [3.05, 3.63) is 82.9 Å². The van der Waals surface area contributed by atoms with E-state index in [1.165, 1.54) is 0 Å². The fourth-order valence-electron chi connectivity index (χ4n) is 4.82. The molecule has 13 heteroatoms. The maximum absolute atomic E-state index is 13.2. The standard InChI is InChI=1S/C28H30O9P2S2/c1-5-32-38(30,33-6-2)40-19-13-15-23-25(17-19)36-26-18-20(41-39(31,34-7-3)35-8-4)14-16-24(26)28(23)22-12-10-9-11-21(22)27(29)37-28/h9-18H,5-8H2,1-4H3. The smallest absolute Gasteiger partial charge is 0.393 e. The molecule has 3 aromatic rings. The second kappa shape index (κ2) is 12.3. The molecule has 9 nitrogen and oxygen atoms in total. The van der Waals surface area contributed by atoms with E-state index in [0.29, 0.717) is 43.5 Å². The van der Waals surface area contributed by atoms with Crippen molar-refractivity contribution < 1.29 is 41.5 Å². The van der Waals surface area contributed by atoms with Crippen molar-refractivity contribution in [2.45, 2.75) is 43.1 Å². The summed E-state index contributed by atoms with van der Waals surface area (Å²) in [6, 6.07) is 17.9. The van der Waals surface area contributed by atoms with Gasteiger partial charge in [0.25, 0.3) is 0 Å². The number of hydrogen-bond acceptors (Lipinski definition) is 11. The summed E-state index contributed by atoms with van der Waals surface area (Å²) in [4.78, 5) is 14.3. The van der Waals surface area contributed by atoms with Gasteiger partial charge in [-0.2, -0.15) is 0 Å². The van der Waals surface area contributed by atoms with Crippen molar-refractivity contribution in [1.29, 1.82) is 0 Å². The van der Waals surface area contributed by atoms with Crippen LogP contribution in [0.5, 0.6) is 11.5 Å². The van der Waals surface area contributed by atoms with E-state index in [1.807, 2.05) is 12.1 Å². The van der Waals surface area contributed by atoms with E-state index >= 15 is 0 Å². The molecule has 0 fully saturated rings. The van der Waals surface area contributed by atoms with Crippen molar-refractivity contribution in [3.8, 4) is 11.5 Å². The summed E-state index contributed by atoms with van der Waals surface area (Å²) in [5, 5.41) is 0. The highest BCUT2D eigenvalue weighted by Gasteiger charge is 2.53. The lowest BCUT2D eigenvalue weighted by Gasteiger charge is -2.37. The Morgan fingerprint density at radius 2 is 1.15 bits per heavy atom. The Balaban J connectivity index is 1.63. The van der Waals surface area contributed by atoms with Gasteiger partial charge in [-0.1, -0.05) is 18.2 Å². The second-order valence-corrected chi connectivity index (χ2v) is 16.7. The molecule has 2 heterocycles. The van der Waals surface area contributed by atoms with Crippen LogP contribution in [0, 0.1) is 0 Å².